The van der Waals surface area contributed by atoms with Crippen LogP contribution in [0.4, 0.5) is 11.4 Å². The Bertz CT molecular complexity index is 1050. The maximum absolute atomic E-state index is 12.9. The first-order valence-corrected chi connectivity index (χ1v) is 10.6. The summed E-state index contributed by atoms with van der Waals surface area (Å²) in [6.07, 6.45) is 3.59. The third-order valence-electron chi connectivity index (χ3n) is 6.22. The Morgan fingerprint density at radius 2 is 1.77 bits per heavy atom. The summed E-state index contributed by atoms with van der Waals surface area (Å²) in [6, 6.07) is 14.1. The summed E-state index contributed by atoms with van der Waals surface area (Å²) >= 11 is 0. The lowest BCUT2D eigenvalue weighted by Gasteiger charge is -2.37. The van der Waals surface area contributed by atoms with Crippen LogP contribution in [0.1, 0.15) is 12.8 Å². The summed E-state index contributed by atoms with van der Waals surface area (Å²) in [5.41, 5.74) is 11.0. The van der Waals surface area contributed by atoms with E-state index in [2.05, 4.69) is 26.6 Å². The number of aromatic nitrogens is 2. The van der Waals surface area contributed by atoms with Gasteiger partial charge in [-0.2, -0.15) is 0 Å². The van der Waals surface area contributed by atoms with Crippen molar-refractivity contribution in [1.82, 2.24) is 14.5 Å². The molecule has 2 aromatic carbocycles. The number of para-hydroxylation sites is 2. The van der Waals surface area contributed by atoms with Crippen molar-refractivity contribution in [3.8, 4) is 5.69 Å². The Morgan fingerprint density at radius 3 is 2.57 bits per heavy atom. The van der Waals surface area contributed by atoms with E-state index in [9.17, 15) is 4.79 Å². The summed E-state index contributed by atoms with van der Waals surface area (Å²) in [6.45, 7) is 4.44. The van der Waals surface area contributed by atoms with E-state index < -0.39 is 0 Å². The van der Waals surface area contributed by atoms with Gasteiger partial charge in [-0.25, -0.2) is 4.98 Å². The number of nitrogens with zero attached hydrogens (tertiary/aromatic N) is 4. The number of morpholine rings is 1. The number of benzene rings is 2. The van der Waals surface area contributed by atoms with Gasteiger partial charge in [-0.05, 0) is 43.2 Å². The van der Waals surface area contributed by atoms with E-state index in [-0.39, 0.29) is 11.8 Å². The van der Waals surface area contributed by atoms with Gasteiger partial charge in [0.15, 0.2) is 0 Å². The molecule has 2 aliphatic rings. The van der Waals surface area contributed by atoms with Crippen molar-refractivity contribution in [3.05, 3.63) is 48.8 Å². The third-order valence-corrected chi connectivity index (χ3v) is 6.22. The van der Waals surface area contributed by atoms with Gasteiger partial charge in [-0.3, -0.25) is 9.36 Å². The number of carbonyl (C=O) groups excluding carboxylic acids is 1. The van der Waals surface area contributed by atoms with Crippen molar-refractivity contribution in [2.45, 2.75) is 12.8 Å². The van der Waals surface area contributed by atoms with Crippen molar-refractivity contribution >= 4 is 28.3 Å². The highest BCUT2D eigenvalue weighted by Crippen LogP contribution is 2.32. The van der Waals surface area contributed by atoms with Gasteiger partial charge in [0.2, 0.25) is 5.91 Å². The van der Waals surface area contributed by atoms with Crippen LogP contribution in [0.15, 0.2) is 48.8 Å². The highest BCUT2D eigenvalue weighted by molar-refractivity contribution is 5.81. The molecule has 7 nitrogen and oxygen atoms in total. The molecule has 1 aromatic heterocycles. The molecule has 3 aromatic rings. The number of piperidine rings is 1. The van der Waals surface area contributed by atoms with Gasteiger partial charge in [0.25, 0.3) is 0 Å². The molecule has 0 spiro atoms. The maximum Gasteiger partial charge on any atom is 0.225 e. The van der Waals surface area contributed by atoms with Gasteiger partial charge in [-0.1, -0.05) is 12.1 Å². The normalized spacial score (nSPS) is 18.1. The Morgan fingerprint density at radius 1 is 1.00 bits per heavy atom. The second kappa shape index (κ2) is 7.99. The average molecular weight is 406 g/mol. The first-order chi connectivity index (χ1) is 14.7. The minimum atomic E-state index is 0.102. The van der Waals surface area contributed by atoms with Gasteiger partial charge >= 0.3 is 0 Å². The summed E-state index contributed by atoms with van der Waals surface area (Å²) < 4.78 is 7.48. The number of fused-ring (bicyclic) bond motifs is 1. The second-order valence-corrected chi connectivity index (χ2v) is 8.05. The van der Waals surface area contributed by atoms with E-state index in [4.69, 9.17) is 10.5 Å². The molecule has 2 fully saturated rings. The molecule has 2 aliphatic heterocycles. The summed E-state index contributed by atoms with van der Waals surface area (Å²) in [7, 11) is 0. The van der Waals surface area contributed by atoms with Crippen LogP contribution in [0.5, 0.6) is 0 Å². The van der Waals surface area contributed by atoms with Gasteiger partial charge in [-0.15, -0.1) is 0 Å². The van der Waals surface area contributed by atoms with Gasteiger partial charge in [0.05, 0.1) is 35.6 Å². The lowest BCUT2D eigenvalue weighted by Crippen LogP contribution is -2.46. The molecule has 0 radical (unpaired) electrons. The zero-order valence-corrected chi connectivity index (χ0v) is 17.0. The van der Waals surface area contributed by atoms with Gasteiger partial charge < -0.3 is 20.3 Å². The highest BCUT2D eigenvalue weighted by Gasteiger charge is 2.30. The van der Waals surface area contributed by atoms with Crippen LogP contribution in [-0.4, -0.2) is 59.8 Å². The molecular formula is C23H27N5O2. The lowest BCUT2D eigenvalue weighted by molar-refractivity contribution is -0.140. The Hall–Kier alpha value is -3.06. The number of carbonyl (C=O) groups is 1. The number of nitrogens with two attached hydrogens (primary N) is 1. The van der Waals surface area contributed by atoms with E-state index in [0.717, 1.165) is 67.1 Å². The topological polar surface area (TPSA) is 76.6 Å². The second-order valence-electron chi connectivity index (χ2n) is 8.05. The number of ether oxygens (including phenoxy) is 1. The summed E-state index contributed by atoms with van der Waals surface area (Å²) in [5, 5.41) is 0. The first-order valence-electron chi connectivity index (χ1n) is 10.6. The highest BCUT2D eigenvalue weighted by atomic mass is 16.5. The number of hydrogen-bond donors (Lipinski definition) is 1. The van der Waals surface area contributed by atoms with Crippen LogP contribution in [0.25, 0.3) is 16.7 Å². The van der Waals surface area contributed by atoms with Crippen molar-refractivity contribution < 1.29 is 9.53 Å². The monoisotopic (exact) mass is 405 g/mol. The Kier molecular flexibility index (Phi) is 5.04. The zero-order chi connectivity index (χ0) is 20.5. The fourth-order valence-electron chi connectivity index (χ4n) is 4.56. The molecule has 30 heavy (non-hydrogen) atoms. The summed E-state index contributed by atoms with van der Waals surface area (Å²) in [4.78, 5) is 21.7. The van der Waals surface area contributed by atoms with Crippen molar-refractivity contribution in [2.24, 2.45) is 5.92 Å². The molecular weight excluding hydrogens is 378 g/mol. The minimum Gasteiger partial charge on any atom is -0.399 e. The van der Waals surface area contributed by atoms with Gasteiger partial charge in [0, 0.05) is 37.8 Å². The minimum absolute atomic E-state index is 0.102. The molecule has 156 valence electrons. The van der Waals surface area contributed by atoms with Gasteiger partial charge in [0.1, 0.15) is 6.33 Å². The van der Waals surface area contributed by atoms with Crippen LogP contribution < -0.4 is 10.6 Å². The predicted octanol–water partition coefficient (Wildman–Crippen LogP) is 2.68. The van der Waals surface area contributed by atoms with Crippen LogP contribution in [0, 0.1) is 5.92 Å². The molecule has 0 atom stereocenters. The lowest BCUT2D eigenvalue weighted by atomic mass is 9.94. The molecule has 5 rings (SSSR count). The molecule has 1 amide bonds. The number of rotatable bonds is 3. The van der Waals surface area contributed by atoms with Crippen molar-refractivity contribution in [3.63, 3.8) is 0 Å². The molecule has 0 unspecified atom stereocenters. The van der Waals surface area contributed by atoms with E-state index in [1.54, 1.807) is 0 Å². The largest absolute Gasteiger partial charge is 0.399 e. The molecule has 0 aliphatic carbocycles. The van der Waals surface area contributed by atoms with Crippen LogP contribution in [0.2, 0.25) is 0 Å². The van der Waals surface area contributed by atoms with Crippen molar-refractivity contribution in [1.29, 1.82) is 0 Å². The Labute approximate surface area is 176 Å². The fourth-order valence-corrected chi connectivity index (χ4v) is 4.56. The van der Waals surface area contributed by atoms with Crippen LogP contribution in [0.3, 0.4) is 0 Å². The predicted molar refractivity (Wildman–Crippen MR) is 118 cm³/mol. The smallest absolute Gasteiger partial charge is 0.225 e. The van der Waals surface area contributed by atoms with E-state index in [1.165, 1.54) is 0 Å². The summed E-state index contributed by atoms with van der Waals surface area (Å²) in [5.74, 6) is 0.391. The van der Waals surface area contributed by atoms with E-state index in [0.29, 0.717) is 13.2 Å². The Balaban J connectivity index is 1.38. The molecule has 0 bridgehead atoms. The van der Waals surface area contributed by atoms with E-state index in [1.807, 2.05) is 41.6 Å². The number of anilines is 2. The molecule has 0 saturated carbocycles. The average Bonchev–Trinajstić information content (AvgIpc) is 3.23. The molecule has 2 N–H and O–H groups in total. The number of imidazole rings is 1. The number of nitrogen functional groups attached to an aromatic ring is 1. The third kappa shape index (κ3) is 3.50. The number of amides is 1. The molecule has 3 heterocycles. The fraction of sp³-hybridized carbons (Fsp3) is 0.391. The first kappa shape index (κ1) is 18.9. The maximum atomic E-state index is 12.9. The molecule has 7 heteroatoms. The quantitative estimate of drug-likeness (QED) is 0.678. The van der Waals surface area contributed by atoms with Crippen molar-refractivity contribution in [2.75, 3.05) is 50.0 Å². The standard InChI is InChI=1S/C23H27N5O2/c24-18-5-6-21(22(15-18)28-16-25-19-3-1-2-4-20(19)28)26-9-7-17(8-10-26)23(29)27-11-13-30-14-12-27/h1-6,15-17H,7-14,24H2. The zero-order valence-electron chi connectivity index (χ0n) is 17.0. The van der Waals surface area contributed by atoms with Crippen LogP contribution in [-0.2, 0) is 9.53 Å². The van der Waals surface area contributed by atoms with Crippen LogP contribution >= 0.6 is 0 Å². The number of hydrogen-bond acceptors (Lipinski definition) is 5. The molecule has 2 saturated heterocycles. The van der Waals surface area contributed by atoms with E-state index >= 15 is 0 Å². The SMILES string of the molecule is Nc1ccc(N2CCC(C(=O)N3CCOCC3)CC2)c(-n2cnc3ccccc32)c1.